The Morgan fingerprint density at radius 2 is 1.73 bits per heavy atom. The highest BCUT2D eigenvalue weighted by atomic mass is 16.1. The lowest BCUT2D eigenvalue weighted by molar-refractivity contribution is 0.102. The molecule has 1 heterocycles. The predicted molar refractivity (Wildman–Crippen MR) is 95.6 cm³/mol. The first-order chi connectivity index (χ1) is 12.7. The van der Waals surface area contributed by atoms with Crippen molar-refractivity contribution in [1.82, 2.24) is 9.97 Å². The number of aromatic nitrogens is 2. The van der Waals surface area contributed by atoms with Gasteiger partial charge in [-0.25, -0.2) is 9.97 Å². The highest BCUT2D eigenvalue weighted by Crippen LogP contribution is 2.16. The van der Waals surface area contributed by atoms with Gasteiger partial charge in [0.05, 0.1) is 28.4 Å². The Morgan fingerprint density at radius 3 is 2.46 bits per heavy atom. The lowest BCUT2D eigenvalue weighted by Gasteiger charge is -2.08. The first-order valence-corrected chi connectivity index (χ1v) is 7.59. The number of nitrogens with one attached hydrogen (secondary N) is 2. The minimum atomic E-state index is -0.411. The molecule has 1 aromatic heterocycles. The van der Waals surface area contributed by atoms with Gasteiger partial charge in [0, 0.05) is 18.1 Å². The van der Waals surface area contributed by atoms with E-state index in [0.29, 0.717) is 28.5 Å². The van der Waals surface area contributed by atoms with Gasteiger partial charge in [0.1, 0.15) is 6.07 Å². The summed E-state index contributed by atoms with van der Waals surface area (Å²) in [5.74, 6) is -0.111. The third-order valence-corrected chi connectivity index (χ3v) is 3.46. The van der Waals surface area contributed by atoms with Crippen molar-refractivity contribution >= 4 is 23.2 Å². The van der Waals surface area contributed by atoms with E-state index in [1.54, 1.807) is 48.5 Å². The van der Waals surface area contributed by atoms with Crippen molar-refractivity contribution in [2.75, 3.05) is 10.6 Å². The highest BCUT2D eigenvalue weighted by Gasteiger charge is 2.10. The van der Waals surface area contributed by atoms with Gasteiger partial charge in [-0.1, -0.05) is 18.2 Å². The molecule has 2 N–H and O–H groups in total. The molecule has 7 nitrogen and oxygen atoms in total. The number of para-hydroxylation sites is 1. The Hall–Kier alpha value is -4.23. The summed E-state index contributed by atoms with van der Waals surface area (Å²) in [6.45, 7) is 0. The van der Waals surface area contributed by atoms with E-state index >= 15 is 0 Å². The molecule has 0 saturated carbocycles. The smallest absolute Gasteiger partial charge is 0.258 e. The molecule has 0 saturated heterocycles. The van der Waals surface area contributed by atoms with Gasteiger partial charge in [-0.2, -0.15) is 10.5 Å². The number of benzene rings is 2. The molecule has 0 spiro atoms. The zero-order valence-corrected chi connectivity index (χ0v) is 13.5. The first-order valence-electron chi connectivity index (χ1n) is 7.59. The molecule has 0 bridgehead atoms. The van der Waals surface area contributed by atoms with Crippen LogP contribution < -0.4 is 10.6 Å². The quantitative estimate of drug-likeness (QED) is 0.753. The Morgan fingerprint density at radius 1 is 0.962 bits per heavy atom. The molecule has 2 aromatic carbocycles. The van der Waals surface area contributed by atoms with Crippen molar-refractivity contribution < 1.29 is 4.79 Å². The van der Waals surface area contributed by atoms with Gasteiger partial charge in [-0.05, 0) is 30.3 Å². The summed E-state index contributed by atoms with van der Waals surface area (Å²) in [6, 6.07) is 17.7. The lowest BCUT2D eigenvalue weighted by Crippen LogP contribution is -2.14. The second-order valence-electron chi connectivity index (χ2n) is 5.22. The van der Waals surface area contributed by atoms with Crippen LogP contribution in [-0.2, 0) is 0 Å². The summed E-state index contributed by atoms with van der Waals surface area (Å²) >= 11 is 0. The average Bonchev–Trinajstić information content (AvgIpc) is 2.69. The maximum absolute atomic E-state index is 12.3. The van der Waals surface area contributed by atoms with Crippen LogP contribution in [0, 0.1) is 22.7 Å². The first kappa shape index (κ1) is 16.6. The van der Waals surface area contributed by atoms with Crippen LogP contribution in [0.4, 0.5) is 17.3 Å². The highest BCUT2D eigenvalue weighted by molar-refractivity contribution is 6.04. The van der Waals surface area contributed by atoms with Crippen LogP contribution >= 0.6 is 0 Å². The van der Waals surface area contributed by atoms with Crippen LogP contribution in [0.25, 0.3) is 0 Å². The second kappa shape index (κ2) is 7.56. The summed E-state index contributed by atoms with van der Waals surface area (Å²) in [5, 5.41) is 23.6. The number of amides is 1. The molecule has 3 rings (SSSR count). The van der Waals surface area contributed by atoms with E-state index < -0.39 is 5.91 Å². The molecule has 0 fully saturated rings. The largest absolute Gasteiger partial charge is 0.324 e. The van der Waals surface area contributed by atoms with E-state index in [-0.39, 0.29) is 5.56 Å². The number of hydrogen-bond donors (Lipinski definition) is 2. The van der Waals surface area contributed by atoms with E-state index in [1.807, 2.05) is 6.07 Å². The van der Waals surface area contributed by atoms with E-state index in [1.165, 1.54) is 12.4 Å². The summed E-state index contributed by atoms with van der Waals surface area (Å²) in [6.07, 6.45) is 2.77. The lowest BCUT2D eigenvalue weighted by atomic mass is 10.2. The molecule has 0 aliphatic heterocycles. The van der Waals surface area contributed by atoms with E-state index in [2.05, 4.69) is 26.7 Å². The molecule has 3 aromatic rings. The number of carbonyl (C=O) groups excluding carboxylic acids is 1. The minimum Gasteiger partial charge on any atom is -0.324 e. The third-order valence-electron chi connectivity index (χ3n) is 3.46. The zero-order valence-electron chi connectivity index (χ0n) is 13.5. The fraction of sp³-hybridized carbons (Fsp3) is 0. The normalized spacial score (nSPS) is 9.62. The maximum atomic E-state index is 12.3. The van der Waals surface area contributed by atoms with Crippen LogP contribution in [0.15, 0.2) is 60.9 Å². The summed E-state index contributed by atoms with van der Waals surface area (Å²) in [7, 11) is 0. The van der Waals surface area contributed by atoms with E-state index in [9.17, 15) is 4.79 Å². The van der Waals surface area contributed by atoms with Gasteiger partial charge < -0.3 is 10.6 Å². The molecular weight excluding hydrogens is 328 g/mol. The van der Waals surface area contributed by atoms with Crippen LogP contribution in [0.2, 0.25) is 0 Å². The SMILES string of the molecule is N#Cc1cccc(Nc2ncc(C(=O)Nc3ccccc3C#N)cn2)c1. The summed E-state index contributed by atoms with van der Waals surface area (Å²) < 4.78 is 0. The molecule has 0 aliphatic carbocycles. The number of nitrogens with zero attached hydrogens (tertiary/aromatic N) is 4. The summed E-state index contributed by atoms with van der Waals surface area (Å²) in [4.78, 5) is 20.5. The zero-order chi connectivity index (χ0) is 18.4. The van der Waals surface area contributed by atoms with Crippen molar-refractivity contribution in [3.05, 3.63) is 77.6 Å². The van der Waals surface area contributed by atoms with E-state index in [4.69, 9.17) is 10.5 Å². The topological polar surface area (TPSA) is 114 Å². The average molecular weight is 340 g/mol. The van der Waals surface area contributed by atoms with Crippen LogP contribution in [0.3, 0.4) is 0 Å². The second-order valence-corrected chi connectivity index (χ2v) is 5.22. The maximum Gasteiger partial charge on any atom is 0.258 e. The molecule has 0 radical (unpaired) electrons. The standard InChI is InChI=1S/C19H12N6O/c20-9-13-4-3-6-16(8-13)24-19-22-11-15(12-23-19)18(26)25-17-7-2-1-5-14(17)10-21/h1-8,11-12H,(H,25,26)(H,22,23,24). The fourth-order valence-electron chi connectivity index (χ4n) is 2.19. The number of rotatable bonds is 4. The summed E-state index contributed by atoms with van der Waals surface area (Å²) in [5.41, 5.74) is 2.24. The number of nitriles is 2. The minimum absolute atomic E-state index is 0.258. The molecule has 0 unspecified atom stereocenters. The Bertz CT molecular complexity index is 1030. The number of anilines is 3. The fourth-order valence-corrected chi connectivity index (χ4v) is 2.19. The molecular formula is C19H12N6O. The van der Waals surface area contributed by atoms with Gasteiger partial charge in [0.25, 0.3) is 5.91 Å². The van der Waals surface area contributed by atoms with Gasteiger partial charge in [-0.15, -0.1) is 0 Å². The molecule has 0 atom stereocenters. The van der Waals surface area contributed by atoms with Gasteiger partial charge in [0.15, 0.2) is 0 Å². The number of hydrogen-bond acceptors (Lipinski definition) is 6. The van der Waals surface area contributed by atoms with Gasteiger partial charge >= 0.3 is 0 Å². The molecule has 0 aliphatic rings. The molecule has 1 amide bonds. The van der Waals surface area contributed by atoms with Gasteiger partial charge in [-0.3, -0.25) is 4.79 Å². The van der Waals surface area contributed by atoms with Crippen LogP contribution in [-0.4, -0.2) is 15.9 Å². The predicted octanol–water partition coefficient (Wildman–Crippen LogP) is 3.22. The van der Waals surface area contributed by atoms with Crippen molar-refractivity contribution in [3.63, 3.8) is 0 Å². The van der Waals surface area contributed by atoms with Crippen LogP contribution in [0.1, 0.15) is 21.5 Å². The van der Waals surface area contributed by atoms with Crippen LogP contribution in [0.5, 0.6) is 0 Å². The van der Waals surface area contributed by atoms with Crippen molar-refractivity contribution in [2.24, 2.45) is 0 Å². The van der Waals surface area contributed by atoms with E-state index in [0.717, 1.165) is 0 Å². The van der Waals surface area contributed by atoms with Gasteiger partial charge in [0.2, 0.25) is 5.95 Å². The Kier molecular flexibility index (Phi) is 4.83. The van der Waals surface area contributed by atoms with Crippen molar-refractivity contribution in [2.45, 2.75) is 0 Å². The monoisotopic (exact) mass is 340 g/mol. The molecule has 26 heavy (non-hydrogen) atoms. The molecule has 7 heteroatoms. The third kappa shape index (κ3) is 3.81. The van der Waals surface area contributed by atoms with Crippen molar-refractivity contribution in [1.29, 1.82) is 10.5 Å². The van der Waals surface area contributed by atoms with Crippen molar-refractivity contribution in [3.8, 4) is 12.1 Å². The molecule has 124 valence electrons. The number of carbonyl (C=O) groups is 1. The Labute approximate surface area is 149 Å². The Balaban J connectivity index is 1.72.